The number of anilines is 1. The third-order valence-corrected chi connectivity index (χ3v) is 3.63. The van der Waals surface area contributed by atoms with Crippen molar-refractivity contribution >= 4 is 23.3 Å². The van der Waals surface area contributed by atoms with Gasteiger partial charge in [-0.2, -0.15) is 10.5 Å². The maximum atomic E-state index is 12.0. The number of aromatic amines is 1. The molecular formula is C16H12ClN5O4. The lowest BCUT2D eigenvalue weighted by Gasteiger charge is -2.15. The second-order valence-corrected chi connectivity index (χ2v) is 5.37. The Morgan fingerprint density at radius 2 is 1.96 bits per heavy atom. The summed E-state index contributed by atoms with van der Waals surface area (Å²) >= 11 is 6.18. The van der Waals surface area contributed by atoms with Gasteiger partial charge in [0.05, 0.1) is 12.1 Å². The number of benzene rings is 1. The molecule has 0 saturated carbocycles. The van der Waals surface area contributed by atoms with Crippen LogP contribution in [0, 0.1) is 22.7 Å². The SMILES string of the molecule is COc1cc(-c2c(C#N)c(N)[nH]c(=O)c2C#N)cc(Cl)c1OCC(N)=O. The van der Waals surface area contributed by atoms with Gasteiger partial charge in [-0.15, -0.1) is 0 Å². The molecule has 1 aromatic carbocycles. The molecule has 0 bridgehead atoms. The Balaban J connectivity index is 2.77. The number of pyridine rings is 1. The first-order valence-electron chi connectivity index (χ1n) is 6.99. The largest absolute Gasteiger partial charge is 0.493 e. The van der Waals surface area contributed by atoms with Crippen molar-refractivity contribution in [1.29, 1.82) is 10.5 Å². The average Bonchev–Trinajstić information content (AvgIpc) is 2.59. The molecule has 26 heavy (non-hydrogen) atoms. The normalized spacial score (nSPS) is 9.85. The Hall–Kier alpha value is -3.69. The summed E-state index contributed by atoms with van der Waals surface area (Å²) in [6, 6.07) is 6.36. The number of carbonyl (C=O) groups excluding carboxylic acids is 1. The highest BCUT2D eigenvalue weighted by atomic mass is 35.5. The van der Waals surface area contributed by atoms with E-state index >= 15 is 0 Å². The zero-order valence-corrected chi connectivity index (χ0v) is 14.2. The molecule has 1 aromatic heterocycles. The van der Waals surface area contributed by atoms with Crippen molar-refractivity contribution < 1.29 is 14.3 Å². The topological polar surface area (TPSA) is 168 Å². The number of aromatic nitrogens is 1. The van der Waals surface area contributed by atoms with Gasteiger partial charge in [-0.05, 0) is 17.7 Å². The number of nitrogens with one attached hydrogen (secondary N) is 1. The fourth-order valence-corrected chi connectivity index (χ4v) is 2.54. The van der Waals surface area contributed by atoms with Gasteiger partial charge in [-0.1, -0.05) is 11.6 Å². The number of nitriles is 2. The first kappa shape index (κ1) is 18.6. The highest BCUT2D eigenvalue weighted by Crippen LogP contribution is 2.41. The van der Waals surface area contributed by atoms with Gasteiger partial charge in [0.15, 0.2) is 18.1 Å². The number of hydrogen-bond acceptors (Lipinski definition) is 7. The van der Waals surface area contributed by atoms with Gasteiger partial charge >= 0.3 is 0 Å². The Morgan fingerprint density at radius 1 is 1.31 bits per heavy atom. The van der Waals surface area contributed by atoms with Crippen LogP contribution in [0.4, 0.5) is 5.82 Å². The van der Waals surface area contributed by atoms with Crippen molar-refractivity contribution in [2.24, 2.45) is 5.73 Å². The van der Waals surface area contributed by atoms with Crippen LogP contribution in [-0.2, 0) is 4.79 Å². The molecule has 0 radical (unpaired) electrons. The molecule has 0 atom stereocenters. The van der Waals surface area contributed by atoms with E-state index in [1.54, 1.807) is 6.07 Å². The monoisotopic (exact) mass is 373 g/mol. The van der Waals surface area contributed by atoms with Crippen molar-refractivity contribution in [2.45, 2.75) is 0 Å². The number of rotatable bonds is 5. The molecule has 0 aliphatic carbocycles. The zero-order valence-electron chi connectivity index (χ0n) is 13.4. The molecule has 2 aromatic rings. The van der Waals surface area contributed by atoms with E-state index in [4.69, 9.17) is 32.5 Å². The maximum absolute atomic E-state index is 12.0. The van der Waals surface area contributed by atoms with Crippen LogP contribution in [0.5, 0.6) is 11.5 Å². The number of H-pyrrole nitrogens is 1. The number of amides is 1. The number of nitrogens with zero attached hydrogens (tertiary/aromatic N) is 2. The van der Waals surface area contributed by atoms with E-state index in [1.165, 1.54) is 19.2 Å². The van der Waals surface area contributed by atoms with Crippen LogP contribution in [0.3, 0.4) is 0 Å². The minimum Gasteiger partial charge on any atom is -0.493 e. The van der Waals surface area contributed by atoms with E-state index in [-0.39, 0.29) is 44.6 Å². The molecule has 0 saturated heterocycles. The summed E-state index contributed by atoms with van der Waals surface area (Å²) in [6.45, 7) is -0.430. The molecular weight excluding hydrogens is 362 g/mol. The van der Waals surface area contributed by atoms with E-state index < -0.39 is 18.1 Å². The molecule has 0 fully saturated rings. The van der Waals surface area contributed by atoms with E-state index in [1.807, 2.05) is 6.07 Å². The fraction of sp³-hybridized carbons (Fsp3) is 0.125. The lowest BCUT2D eigenvalue weighted by atomic mass is 9.96. The zero-order chi connectivity index (χ0) is 19.4. The second kappa shape index (κ2) is 7.47. The highest BCUT2D eigenvalue weighted by molar-refractivity contribution is 6.32. The van der Waals surface area contributed by atoms with Crippen molar-refractivity contribution in [3.8, 4) is 34.8 Å². The molecule has 0 unspecified atom stereocenters. The number of nitrogen functional groups attached to an aromatic ring is 1. The molecule has 5 N–H and O–H groups in total. The number of halogens is 1. The molecule has 0 spiro atoms. The summed E-state index contributed by atoms with van der Waals surface area (Å²) in [5.41, 5.74) is 9.83. The first-order chi connectivity index (χ1) is 12.3. The molecule has 1 heterocycles. The Kier molecular flexibility index (Phi) is 5.36. The number of carbonyl (C=O) groups is 1. The van der Waals surface area contributed by atoms with Crippen LogP contribution in [0.25, 0.3) is 11.1 Å². The molecule has 10 heteroatoms. The highest BCUT2D eigenvalue weighted by Gasteiger charge is 2.21. The molecule has 132 valence electrons. The van der Waals surface area contributed by atoms with Gasteiger partial charge in [-0.25, -0.2) is 0 Å². The second-order valence-electron chi connectivity index (χ2n) is 4.96. The minimum atomic E-state index is -0.747. The summed E-state index contributed by atoms with van der Waals surface area (Å²) in [6.07, 6.45) is 0. The minimum absolute atomic E-state index is 0.0119. The predicted octanol–water partition coefficient (Wildman–Crippen LogP) is 0.894. The van der Waals surface area contributed by atoms with E-state index in [9.17, 15) is 20.1 Å². The van der Waals surface area contributed by atoms with Crippen LogP contribution >= 0.6 is 11.6 Å². The quantitative estimate of drug-likeness (QED) is 0.698. The van der Waals surface area contributed by atoms with Crippen molar-refractivity contribution in [2.75, 3.05) is 19.5 Å². The predicted molar refractivity (Wildman–Crippen MR) is 92.6 cm³/mol. The van der Waals surface area contributed by atoms with Gasteiger partial charge in [0.25, 0.3) is 11.5 Å². The van der Waals surface area contributed by atoms with Crippen LogP contribution < -0.4 is 26.5 Å². The third-order valence-electron chi connectivity index (χ3n) is 3.35. The van der Waals surface area contributed by atoms with E-state index in [0.717, 1.165) is 0 Å². The standard InChI is InChI=1S/C16H12ClN5O4/c1-25-11-3-7(2-10(17)14(11)26-6-12(20)23)13-8(4-18)15(21)22-16(24)9(13)5-19/h2-3H,6H2,1H3,(H2,20,23)(H3,21,22,24). The summed E-state index contributed by atoms with van der Waals surface area (Å²) in [4.78, 5) is 25.2. The molecule has 0 aliphatic heterocycles. The smallest absolute Gasteiger partial charge is 0.268 e. The Labute approximate surface area is 152 Å². The summed E-state index contributed by atoms with van der Waals surface area (Å²) in [5.74, 6) is -0.740. The number of nitrogens with two attached hydrogens (primary N) is 2. The van der Waals surface area contributed by atoms with Crippen LogP contribution in [0.1, 0.15) is 11.1 Å². The molecule has 2 rings (SSSR count). The summed E-state index contributed by atoms with van der Waals surface area (Å²) in [7, 11) is 1.33. The number of primary amides is 1. The number of ether oxygens (including phenoxy) is 2. The fourth-order valence-electron chi connectivity index (χ4n) is 2.28. The average molecular weight is 374 g/mol. The molecule has 9 nitrogen and oxygen atoms in total. The van der Waals surface area contributed by atoms with Crippen LogP contribution in [-0.4, -0.2) is 24.6 Å². The van der Waals surface area contributed by atoms with Crippen LogP contribution in [0.15, 0.2) is 16.9 Å². The summed E-state index contributed by atoms with van der Waals surface area (Å²) in [5, 5.41) is 18.7. The van der Waals surface area contributed by atoms with Crippen molar-refractivity contribution in [3.63, 3.8) is 0 Å². The summed E-state index contributed by atoms with van der Waals surface area (Å²) < 4.78 is 10.4. The van der Waals surface area contributed by atoms with Crippen molar-refractivity contribution in [1.82, 2.24) is 4.98 Å². The number of hydrogen-bond donors (Lipinski definition) is 3. The Bertz CT molecular complexity index is 1030. The van der Waals surface area contributed by atoms with Crippen molar-refractivity contribution in [3.05, 3.63) is 38.6 Å². The van der Waals surface area contributed by atoms with E-state index in [0.29, 0.717) is 0 Å². The molecule has 0 aliphatic rings. The number of methoxy groups -OCH3 is 1. The van der Waals surface area contributed by atoms with Gasteiger partial charge in [0.2, 0.25) is 0 Å². The Morgan fingerprint density at radius 3 is 2.50 bits per heavy atom. The van der Waals surface area contributed by atoms with Gasteiger partial charge in [0.1, 0.15) is 29.1 Å². The van der Waals surface area contributed by atoms with Gasteiger partial charge in [-0.3, -0.25) is 9.59 Å². The lowest BCUT2D eigenvalue weighted by molar-refractivity contribution is -0.119. The van der Waals surface area contributed by atoms with Gasteiger partial charge < -0.3 is 25.9 Å². The maximum Gasteiger partial charge on any atom is 0.268 e. The van der Waals surface area contributed by atoms with Gasteiger partial charge in [0, 0.05) is 5.56 Å². The third kappa shape index (κ3) is 3.38. The van der Waals surface area contributed by atoms with E-state index in [2.05, 4.69) is 4.98 Å². The lowest BCUT2D eigenvalue weighted by Crippen LogP contribution is -2.20. The van der Waals surface area contributed by atoms with Crippen LogP contribution in [0.2, 0.25) is 5.02 Å². The first-order valence-corrected chi connectivity index (χ1v) is 7.36. The molecule has 1 amide bonds.